The first-order valence-corrected chi connectivity index (χ1v) is 13.8. The Balaban J connectivity index is 1.33. The first kappa shape index (κ1) is 27.2. The Kier molecular flexibility index (Phi) is 8.34. The van der Waals surface area contributed by atoms with Crippen molar-refractivity contribution in [2.75, 3.05) is 20.2 Å². The molecule has 0 saturated heterocycles. The molecule has 1 aliphatic heterocycles. The summed E-state index contributed by atoms with van der Waals surface area (Å²) in [6.45, 7) is 1.67. The van der Waals surface area contributed by atoms with Gasteiger partial charge in [-0.1, -0.05) is 54.6 Å². The van der Waals surface area contributed by atoms with Crippen molar-refractivity contribution in [2.45, 2.75) is 44.7 Å². The quantitative estimate of drug-likeness (QED) is 0.322. The number of methoxy groups -OCH3 is 1. The number of hydrogen-bond donors (Lipinski definition) is 3. The highest BCUT2D eigenvalue weighted by molar-refractivity contribution is 5.83. The molecular formula is C32H35N3O5. The Hall–Kier alpha value is -4.33. The lowest BCUT2D eigenvalue weighted by Gasteiger charge is -2.32. The Morgan fingerprint density at radius 2 is 1.82 bits per heavy atom. The van der Waals surface area contributed by atoms with Crippen LogP contribution in [0, 0.1) is 5.92 Å². The molecule has 1 heterocycles. The molecule has 8 nitrogen and oxygen atoms in total. The Bertz CT molecular complexity index is 1390. The molecule has 0 spiro atoms. The highest BCUT2D eigenvalue weighted by atomic mass is 16.5. The van der Waals surface area contributed by atoms with Crippen LogP contribution in [0.4, 0.5) is 4.79 Å². The first-order valence-electron chi connectivity index (χ1n) is 13.8. The van der Waals surface area contributed by atoms with E-state index in [0.29, 0.717) is 39.0 Å². The van der Waals surface area contributed by atoms with Crippen LogP contribution in [0.3, 0.4) is 0 Å². The van der Waals surface area contributed by atoms with E-state index < -0.39 is 5.97 Å². The standard InChI is InChI=1S/C32H35N3O5/c1-40-24-10-5-9-22(17-24)25-13-12-23(19-34-31(38)28-18-27(28)21-7-3-2-4-8-21)29-20-35(16-14-26(25)29)32(39)33-15-6-11-30(36)37/h2-5,7-10,12-13,17,27-28H,6,11,14-16,18-20H2,1H3,(H,33,39)(H,34,38)(H,36,37). The Morgan fingerprint density at radius 1 is 1.00 bits per heavy atom. The molecule has 1 aliphatic carbocycles. The number of ether oxygens (including phenoxy) is 1. The number of carbonyl (C=O) groups excluding carboxylic acids is 2. The molecular weight excluding hydrogens is 506 g/mol. The molecule has 3 aromatic rings. The van der Waals surface area contributed by atoms with Crippen LogP contribution >= 0.6 is 0 Å². The number of carbonyl (C=O) groups is 3. The second kappa shape index (κ2) is 12.2. The van der Waals surface area contributed by atoms with E-state index in [1.165, 1.54) is 11.1 Å². The van der Waals surface area contributed by atoms with Crippen LogP contribution in [0.2, 0.25) is 0 Å². The van der Waals surface area contributed by atoms with Crippen LogP contribution in [0.25, 0.3) is 11.1 Å². The van der Waals surface area contributed by atoms with Crippen LogP contribution in [0.15, 0.2) is 66.7 Å². The predicted octanol–water partition coefficient (Wildman–Crippen LogP) is 4.71. The van der Waals surface area contributed by atoms with Gasteiger partial charge in [-0.3, -0.25) is 9.59 Å². The topological polar surface area (TPSA) is 108 Å². The molecule has 2 unspecified atom stereocenters. The summed E-state index contributed by atoms with van der Waals surface area (Å²) in [7, 11) is 1.65. The molecule has 1 fully saturated rings. The van der Waals surface area contributed by atoms with E-state index in [1.54, 1.807) is 12.0 Å². The van der Waals surface area contributed by atoms with Crippen LogP contribution < -0.4 is 15.4 Å². The van der Waals surface area contributed by atoms with Crippen molar-refractivity contribution in [1.29, 1.82) is 0 Å². The fourth-order valence-electron chi connectivity index (χ4n) is 5.55. The molecule has 5 rings (SSSR count). The number of urea groups is 1. The molecule has 0 radical (unpaired) electrons. The lowest BCUT2D eigenvalue weighted by Crippen LogP contribution is -2.43. The lowest BCUT2D eigenvalue weighted by atomic mass is 9.87. The van der Waals surface area contributed by atoms with Gasteiger partial charge in [-0.05, 0) is 70.7 Å². The number of carboxylic acids is 1. The molecule has 40 heavy (non-hydrogen) atoms. The summed E-state index contributed by atoms with van der Waals surface area (Å²) in [5.74, 6) is 0.217. The normalized spacial score (nSPS) is 17.5. The third-order valence-electron chi connectivity index (χ3n) is 7.83. The molecule has 8 heteroatoms. The maximum absolute atomic E-state index is 13.0. The largest absolute Gasteiger partial charge is 0.497 e. The zero-order valence-electron chi connectivity index (χ0n) is 22.7. The number of nitrogens with one attached hydrogen (secondary N) is 2. The number of aliphatic carboxylic acids is 1. The van der Waals surface area contributed by atoms with Crippen LogP contribution in [-0.4, -0.2) is 48.1 Å². The third-order valence-corrected chi connectivity index (χ3v) is 7.83. The van der Waals surface area contributed by atoms with Crippen molar-refractivity contribution in [3.8, 4) is 16.9 Å². The monoisotopic (exact) mass is 541 g/mol. The average molecular weight is 542 g/mol. The van der Waals surface area contributed by atoms with Gasteiger partial charge in [0, 0.05) is 38.5 Å². The second-order valence-electron chi connectivity index (χ2n) is 10.4. The van der Waals surface area contributed by atoms with E-state index in [2.05, 4.69) is 34.9 Å². The van der Waals surface area contributed by atoms with Gasteiger partial charge in [0.25, 0.3) is 0 Å². The van der Waals surface area contributed by atoms with Crippen LogP contribution in [-0.2, 0) is 29.1 Å². The number of benzene rings is 3. The molecule has 3 amide bonds. The summed E-state index contributed by atoms with van der Waals surface area (Å²) in [4.78, 5) is 38.5. The minimum atomic E-state index is -0.876. The van der Waals surface area contributed by atoms with Gasteiger partial charge in [-0.15, -0.1) is 0 Å². The van der Waals surface area contributed by atoms with E-state index in [9.17, 15) is 14.4 Å². The average Bonchev–Trinajstić information content (AvgIpc) is 3.79. The molecule has 3 N–H and O–H groups in total. The Labute approximate surface area is 234 Å². The number of amides is 3. The number of fused-ring (bicyclic) bond motifs is 1. The van der Waals surface area contributed by atoms with Crippen molar-refractivity contribution < 1.29 is 24.2 Å². The minimum Gasteiger partial charge on any atom is -0.497 e. The fourth-order valence-corrected chi connectivity index (χ4v) is 5.55. The SMILES string of the molecule is COc1cccc(-c2ccc(CNC(=O)C3CC3c3ccccc3)c3c2CCN(C(=O)NCCCC(=O)O)C3)c1. The van der Waals surface area contributed by atoms with Gasteiger partial charge < -0.3 is 25.4 Å². The molecule has 3 aromatic carbocycles. The summed E-state index contributed by atoms with van der Waals surface area (Å²) >= 11 is 0. The Morgan fingerprint density at radius 3 is 2.60 bits per heavy atom. The van der Waals surface area contributed by atoms with Gasteiger partial charge in [-0.25, -0.2) is 4.79 Å². The zero-order chi connectivity index (χ0) is 28.1. The minimum absolute atomic E-state index is 0.0117. The van der Waals surface area contributed by atoms with E-state index in [0.717, 1.165) is 34.4 Å². The van der Waals surface area contributed by atoms with Gasteiger partial charge in [0.2, 0.25) is 5.91 Å². The van der Waals surface area contributed by atoms with Gasteiger partial charge in [-0.2, -0.15) is 0 Å². The molecule has 208 valence electrons. The summed E-state index contributed by atoms with van der Waals surface area (Å²) < 4.78 is 5.44. The van der Waals surface area contributed by atoms with Gasteiger partial charge >= 0.3 is 12.0 Å². The zero-order valence-corrected chi connectivity index (χ0v) is 22.7. The predicted molar refractivity (Wildman–Crippen MR) is 152 cm³/mol. The van der Waals surface area contributed by atoms with E-state index in [1.807, 2.05) is 42.5 Å². The summed E-state index contributed by atoms with van der Waals surface area (Å²) in [6, 6.07) is 22.0. The molecule has 2 aliphatic rings. The van der Waals surface area contributed by atoms with Gasteiger partial charge in [0.1, 0.15) is 5.75 Å². The number of carboxylic acid groups (broad SMARTS) is 1. The highest BCUT2D eigenvalue weighted by Crippen LogP contribution is 2.47. The lowest BCUT2D eigenvalue weighted by molar-refractivity contribution is -0.137. The van der Waals surface area contributed by atoms with Crippen molar-refractivity contribution in [2.24, 2.45) is 5.92 Å². The van der Waals surface area contributed by atoms with Crippen molar-refractivity contribution in [3.63, 3.8) is 0 Å². The highest BCUT2D eigenvalue weighted by Gasteiger charge is 2.43. The maximum atomic E-state index is 13.0. The molecule has 1 saturated carbocycles. The maximum Gasteiger partial charge on any atom is 0.317 e. The third kappa shape index (κ3) is 6.28. The fraction of sp³-hybridized carbons (Fsp3) is 0.344. The smallest absolute Gasteiger partial charge is 0.317 e. The first-order chi connectivity index (χ1) is 19.4. The van der Waals surface area contributed by atoms with Crippen molar-refractivity contribution in [3.05, 3.63) is 89.0 Å². The van der Waals surface area contributed by atoms with E-state index in [4.69, 9.17) is 9.84 Å². The molecule has 2 atom stereocenters. The van der Waals surface area contributed by atoms with Crippen molar-refractivity contribution >= 4 is 17.9 Å². The van der Waals surface area contributed by atoms with E-state index in [-0.39, 0.29) is 30.2 Å². The van der Waals surface area contributed by atoms with E-state index >= 15 is 0 Å². The summed E-state index contributed by atoms with van der Waals surface area (Å²) in [5, 5.41) is 14.9. The molecule has 0 bridgehead atoms. The number of hydrogen-bond acceptors (Lipinski definition) is 4. The van der Waals surface area contributed by atoms with Crippen LogP contribution in [0.1, 0.15) is 47.4 Å². The van der Waals surface area contributed by atoms with Gasteiger partial charge in [0.15, 0.2) is 0 Å². The number of rotatable bonds is 10. The van der Waals surface area contributed by atoms with Crippen molar-refractivity contribution in [1.82, 2.24) is 15.5 Å². The second-order valence-corrected chi connectivity index (χ2v) is 10.4. The summed E-state index contributed by atoms with van der Waals surface area (Å²) in [6.07, 6.45) is 1.93. The molecule has 0 aromatic heterocycles. The van der Waals surface area contributed by atoms with Gasteiger partial charge in [0.05, 0.1) is 7.11 Å². The van der Waals surface area contributed by atoms with Crippen LogP contribution in [0.5, 0.6) is 5.75 Å². The number of nitrogens with zero attached hydrogens (tertiary/aromatic N) is 1. The summed E-state index contributed by atoms with van der Waals surface area (Å²) in [5.41, 5.74) is 6.55.